The predicted octanol–water partition coefficient (Wildman–Crippen LogP) is 5.46. The molecule has 0 aliphatic heterocycles. The maximum Gasteiger partial charge on any atom is 0.133 e. The molecule has 0 radical (unpaired) electrons. The molecule has 0 N–H and O–H groups in total. The third-order valence-electron chi connectivity index (χ3n) is 3.12. The molecule has 1 nitrogen and oxygen atoms in total. The average Bonchev–Trinajstić information content (AvgIpc) is 3.14. The lowest BCUT2D eigenvalue weighted by Gasteiger charge is -2.06. The Balaban J connectivity index is 1.94. The number of hydrogen-bond acceptors (Lipinski definition) is 2. The van der Waals surface area contributed by atoms with Crippen LogP contribution in [0.5, 0.6) is 0 Å². The summed E-state index contributed by atoms with van der Waals surface area (Å²) in [5.74, 6) is 0.907. The van der Waals surface area contributed by atoms with Gasteiger partial charge in [-0.25, -0.2) is 0 Å². The Hall–Kier alpha value is -2.06. The molecular formula is C17H14OS. The van der Waals surface area contributed by atoms with Gasteiger partial charge in [0.25, 0.3) is 0 Å². The second kappa shape index (κ2) is 5.29. The number of furan rings is 1. The molecule has 0 unspecified atom stereocenters. The highest BCUT2D eigenvalue weighted by Gasteiger charge is 2.06. The molecule has 1 aromatic carbocycles. The summed E-state index contributed by atoms with van der Waals surface area (Å²) in [5.41, 5.74) is 4.89. The molecule has 0 saturated heterocycles. The fourth-order valence-electron chi connectivity index (χ4n) is 2.17. The van der Waals surface area contributed by atoms with Gasteiger partial charge in [-0.3, -0.25) is 0 Å². The number of hydrogen-bond donors (Lipinski definition) is 0. The third kappa shape index (κ3) is 2.40. The van der Waals surface area contributed by atoms with Crippen LogP contribution in [0.4, 0.5) is 0 Å². The Morgan fingerprint density at radius 1 is 1.05 bits per heavy atom. The van der Waals surface area contributed by atoms with Crippen LogP contribution >= 0.6 is 11.3 Å². The molecule has 0 atom stereocenters. The normalized spacial score (nSPS) is 11.7. The minimum atomic E-state index is 0.907. The van der Waals surface area contributed by atoms with Crippen molar-refractivity contribution in [3.05, 3.63) is 76.7 Å². The van der Waals surface area contributed by atoms with Crippen LogP contribution in [0.1, 0.15) is 18.1 Å². The molecule has 2 heterocycles. The molecule has 0 bridgehead atoms. The van der Waals surface area contributed by atoms with Crippen LogP contribution < -0.4 is 0 Å². The van der Waals surface area contributed by atoms with Crippen molar-refractivity contribution in [1.82, 2.24) is 0 Å². The Kier molecular flexibility index (Phi) is 3.34. The van der Waals surface area contributed by atoms with Crippen molar-refractivity contribution in [2.75, 3.05) is 0 Å². The van der Waals surface area contributed by atoms with Crippen LogP contribution in [0.2, 0.25) is 0 Å². The molecule has 3 rings (SSSR count). The van der Waals surface area contributed by atoms with E-state index in [4.69, 9.17) is 4.42 Å². The van der Waals surface area contributed by atoms with Crippen molar-refractivity contribution in [2.45, 2.75) is 6.92 Å². The molecule has 0 fully saturated rings. The quantitative estimate of drug-likeness (QED) is 0.613. The molecule has 94 valence electrons. The SMILES string of the molecule is C/C=C(/c1ccc(-c2ccco2)cc1)c1ccsc1. The van der Waals surface area contributed by atoms with Crippen molar-refractivity contribution in [2.24, 2.45) is 0 Å². The highest BCUT2D eigenvalue weighted by molar-refractivity contribution is 7.08. The summed E-state index contributed by atoms with van der Waals surface area (Å²) in [6, 6.07) is 14.5. The second-order valence-electron chi connectivity index (χ2n) is 4.27. The van der Waals surface area contributed by atoms with Crippen LogP contribution in [0.15, 0.2) is 70.0 Å². The fraction of sp³-hybridized carbons (Fsp3) is 0.0588. The maximum absolute atomic E-state index is 5.41. The number of benzene rings is 1. The molecule has 0 aliphatic carbocycles. The van der Waals surface area contributed by atoms with Crippen LogP contribution in [0.3, 0.4) is 0 Å². The number of rotatable bonds is 3. The van der Waals surface area contributed by atoms with Gasteiger partial charge in [-0.2, -0.15) is 11.3 Å². The topological polar surface area (TPSA) is 13.1 Å². The van der Waals surface area contributed by atoms with Gasteiger partial charge >= 0.3 is 0 Å². The van der Waals surface area contributed by atoms with E-state index in [-0.39, 0.29) is 0 Å². The second-order valence-corrected chi connectivity index (χ2v) is 5.05. The van der Waals surface area contributed by atoms with Crippen molar-refractivity contribution in [3.8, 4) is 11.3 Å². The molecular weight excluding hydrogens is 252 g/mol. The van der Waals surface area contributed by atoms with Gasteiger partial charge in [0, 0.05) is 5.56 Å². The number of allylic oxidation sites excluding steroid dienone is 1. The Labute approximate surface area is 116 Å². The lowest BCUT2D eigenvalue weighted by atomic mass is 9.99. The van der Waals surface area contributed by atoms with Gasteiger partial charge in [-0.05, 0) is 52.6 Å². The first-order valence-electron chi connectivity index (χ1n) is 6.21. The van der Waals surface area contributed by atoms with E-state index >= 15 is 0 Å². The number of thiophene rings is 1. The van der Waals surface area contributed by atoms with Gasteiger partial charge in [-0.1, -0.05) is 30.3 Å². The smallest absolute Gasteiger partial charge is 0.133 e. The van der Waals surface area contributed by atoms with E-state index in [2.05, 4.69) is 54.1 Å². The fourth-order valence-corrected chi connectivity index (χ4v) is 2.83. The van der Waals surface area contributed by atoms with E-state index in [1.807, 2.05) is 12.1 Å². The van der Waals surface area contributed by atoms with Crippen LogP contribution in [-0.2, 0) is 0 Å². The average molecular weight is 266 g/mol. The maximum atomic E-state index is 5.41. The summed E-state index contributed by atoms with van der Waals surface area (Å²) < 4.78 is 5.41. The summed E-state index contributed by atoms with van der Waals surface area (Å²) >= 11 is 1.72. The Bertz CT molecular complexity index is 659. The molecule has 0 aliphatic rings. The summed E-state index contributed by atoms with van der Waals surface area (Å²) in [6.07, 6.45) is 3.86. The zero-order valence-electron chi connectivity index (χ0n) is 10.7. The molecule has 3 aromatic rings. The van der Waals surface area contributed by atoms with Crippen molar-refractivity contribution >= 4 is 16.9 Å². The van der Waals surface area contributed by atoms with E-state index in [0.29, 0.717) is 0 Å². The molecule has 2 heteroatoms. The van der Waals surface area contributed by atoms with E-state index in [9.17, 15) is 0 Å². The minimum absolute atomic E-state index is 0.907. The minimum Gasteiger partial charge on any atom is -0.464 e. The monoisotopic (exact) mass is 266 g/mol. The van der Waals surface area contributed by atoms with Crippen LogP contribution in [0, 0.1) is 0 Å². The molecule has 0 saturated carbocycles. The summed E-state index contributed by atoms with van der Waals surface area (Å²) in [4.78, 5) is 0. The molecule has 0 spiro atoms. The largest absolute Gasteiger partial charge is 0.464 e. The van der Waals surface area contributed by atoms with Crippen molar-refractivity contribution < 1.29 is 4.42 Å². The first-order valence-corrected chi connectivity index (χ1v) is 7.16. The van der Waals surface area contributed by atoms with Gasteiger partial charge in [0.1, 0.15) is 5.76 Å². The third-order valence-corrected chi connectivity index (χ3v) is 3.81. The zero-order valence-corrected chi connectivity index (χ0v) is 11.5. The summed E-state index contributed by atoms with van der Waals surface area (Å²) in [6.45, 7) is 2.08. The van der Waals surface area contributed by atoms with Gasteiger partial charge in [0.05, 0.1) is 6.26 Å². The first kappa shape index (κ1) is 12.0. The molecule has 2 aromatic heterocycles. The van der Waals surface area contributed by atoms with E-state index in [1.165, 1.54) is 16.7 Å². The van der Waals surface area contributed by atoms with Gasteiger partial charge in [0.2, 0.25) is 0 Å². The highest BCUT2D eigenvalue weighted by Crippen LogP contribution is 2.27. The van der Waals surface area contributed by atoms with Crippen molar-refractivity contribution in [1.29, 1.82) is 0 Å². The van der Waals surface area contributed by atoms with Gasteiger partial charge < -0.3 is 4.42 Å². The first-order chi connectivity index (χ1) is 9.38. The summed E-state index contributed by atoms with van der Waals surface area (Å²) in [5, 5.41) is 4.28. The van der Waals surface area contributed by atoms with Crippen LogP contribution in [0.25, 0.3) is 16.9 Å². The Morgan fingerprint density at radius 2 is 1.89 bits per heavy atom. The molecule has 0 amide bonds. The van der Waals surface area contributed by atoms with Gasteiger partial charge in [0.15, 0.2) is 0 Å². The van der Waals surface area contributed by atoms with E-state index < -0.39 is 0 Å². The summed E-state index contributed by atoms with van der Waals surface area (Å²) in [7, 11) is 0. The van der Waals surface area contributed by atoms with E-state index in [1.54, 1.807) is 17.6 Å². The molecule has 19 heavy (non-hydrogen) atoms. The van der Waals surface area contributed by atoms with Gasteiger partial charge in [-0.15, -0.1) is 0 Å². The predicted molar refractivity (Wildman–Crippen MR) is 81.2 cm³/mol. The zero-order chi connectivity index (χ0) is 13.1. The van der Waals surface area contributed by atoms with Crippen LogP contribution in [-0.4, -0.2) is 0 Å². The van der Waals surface area contributed by atoms with Crippen molar-refractivity contribution in [3.63, 3.8) is 0 Å². The standard InChI is InChI=1S/C17H14OS/c1-2-16(15-9-11-19-12-15)13-5-7-14(8-6-13)17-4-3-10-18-17/h2-12H,1H3/b16-2-. The lowest BCUT2D eigenvalue weighted by Crippen LogP contribution is -1.85. The Morgan fingerprint density at radius 3 is 2.47 bits per heavy atom. The highest BCUT2D eigenvalue weighted by atomic mass is 32.1. The van der Waals surface area contributed by atoms with E-state index in [0.717, 1.165) is 11.3 Å². The lowest BCUT2D eigenvalue weighted by molar-refractivity contribution is 0.582.